The van der Waals surface area contributed by atoms with Crippen LogP contribution in [0.4, 0.5) is 0 Å². The van der Waals surface area contributed by atoms with Gasteiger partial charge in [-0.15, -0.1) is 0 Å². The van der Waals surface area contributed by atoms with Crippen molar-refractivity contribution in [1.29, 1.82) is 0 Å². The fraction of sp³-hybridized carbons (Fsp3) is 0. The molecular weight excluding hydrogens is 318 g/mol. The van der Waals surface area contributed by atoms with Gasteiger partial charge in [0.15, 0.2) is 5.31 Å². The standard InChI is InChI=1S/C3H6O8P2.4Na.4H/c4-3(5)2(13(9,10)11)1-12(6,7)8;;;;;;;;/h1H,(H,4,5)(H2,6,7,8)(H2,9,10,11);;;;;;;;/q;4*+1;4*-1. The van der Waals surface area contributed by atoms with E-state index in [1.807, 2.05) is 0 Å². The minimum atomic E-state index is -5.16. The number of carbonyl (C=O) groups is 1. The van der Waals surface area contributed by atoms with Crippen LogP contribution in [0.15, 0.2) is 11.1 Å². The molecule has 0 radical (unpaired) electrons. The van der Waals surface area contributed by atoms with Crippen LogP contribution >= 0.6 is 15.2 Å². The van der Waals surface area contributed by atoms with Crippen LogP contribution in [0, 0.1) is 0 Å². The molecule has 0 aliphatic carbocycles. The van der Waals surface area contributed by atoms with E-state index in [0.29, 0.717) is 0 Å². The number of hydrogen-bond donors (Lipinski definition) is 5. The van der Waals surface area contributed by atoms with Crippen LogP contribution in [0.5, 0.6) is 0 Å². The molecule has 8 nitrogen and oxygen atoms in total. The molecule has 0 aliphatic heterocycles. The van der Waals surface area contributed by atoms with Crippen molar-refractivity contribution in [1.82, 2.24) is 0 Å². The summed E-state index contributed by atoms with van der Waals surface area (Å²) in [6.07, 6.45) is 0. The van der Waals surface area contributed by atoms with Crippen LogP contribution in [0.3, 0.4) is 0 Å². The molecule has 0 aromatic heterocycles. The molecule has 0 aromatic carbocycles. The van der Waals surface area contributed by atoms with Crippen LogP contribution in [-0.4, -0.2) is 30.6 Å². The van der Waals surface area contributed by atoms with E-state index in [-0.39, 0.29) is 130 Å². The zero-order valence-electron chi connectivity index (χ0n) is 13.9. The Hall–Kier alpha value is 3.51. The summed E-state index contributed by atoms with van der Waals surface area (Å²) < 4.78 is 20.6. The van der Waals surface area contributed by atoms with Gasteiger partial charge in [-0.3, -0.25) is 9.13 Å². The van der Waals surface area contributed by atoms with Crippen LogP contribution in [0.25, 0.3) is 0 Å². The van der Waals surface area contributed by atoms with Crippen LogP contribution < -0.4 is 118 Å². The summed E-state index contributed by atoms with van der Waals surface area (Å²) in [5, 5.41) is 6.56. The summed E-state index contributed by atoms with van der Waals surface area (Å²) in [6.45, 7) is 0. The summed E-state index contributed by atoms with van der Waals surface area (Å²) in [5.41, 5.74) is 0. The fourth-order valence-electron chi connectivity index (χ4n) is 0.414. The third-order valence-corrected chi connectivity index (χ3v) is 2.57. The third-order valence-electron chi connectivity index (χ3n) is 0.823. The van der Waals surface area contributed by atoms with Gasteiger partial charge >= 0.3 is 139 Å². The van der Waals surface area contributed by atoms with Gasteiger partial charge in [-0.1, -0.05) is 0 Å². The Morgan fingerprint density at radius 2 is 1.24 bits per heavy atom. The van der Waals surface area contributed by atoms with Crippen molar-refractivity contribution in [3.63, 3.8) is 0 Å². The molecule has 17 heavy (non-hydrogen) atoms. The van der Waals surface area contributed by atoms with Crippen molar-refractivity contribution in [3.05, 3.63) is 11.1 Å². The van der Waals surface area contributed by atoms with Gasteiger partial charge in [0, 0.05) is 0 Å². The van der Waals surface area contributed by atoms with Gasteiger partial charge in [0.2, 0.25) is 0 Å². The van der Waals surface area contributed by atoms with Crippen molar-refractivity contribution in [3.8, 4) is 0 Å². The predicted molar refractivity (Wildman–Crippen MR) is 44.3 cm³/mol. The van der Waals surface area contributed by atoms with Gasteiger partial charge in [-0.05, 0) is 0 Å². The molecule has 5 N–H and O–H groups in total. The zero-order chi connectivity index (χ0) is 10.9. The Kier molecular flexibility index (Phi) is 25.2. The molecule has 0 aliphatic rings. The van der Waals surface area contributed by atoms with Gasteiger partial charge in [0.25, 0.3) is 0 Å². The van der Waals surface area contributed by atoms with E-state index in [9.17, 15) is 13.9 Å². The van der Waals surface area contributed by atoms with Crippen molar-refractivity contribution >= 4 is 21.2 Å². The molecule has 0 aromatic rings. The second-order valence-electron chi connectivity index (χ2n) is 1.95. The monoisotopic (exact) mass is 328 g/mol. The Bertz CT molecular complexity index is 357. The maximum absolute atomic E-state index is 10.4. The van der Waals surface area contributed by atoms with Crippen molar-refractivity contribution in [2.75, 3.05) is 0 Å². The average Bonchev–Trinajstić information content (AvgIpc) is 1.77. The quantitative estimate of drug-likeness (QED) is 0.194. The van der Waals surface area contributed by atoms with E-state index in [4.69, 9.17) is 24.7 Å². The molecule has 0 bridgehead atoms. The van der Waals surface area contributed by atoms with E-state index < -0.39 is 26.5 Å². The Balaban J connectivity index is -0.0000000257. The molecule has 0 fully saturated rings. The van der Waals surface area contributed by atoms with E-state index in [2.05, 4.69) is 0 Å². The number of rotatable bonds is 3. The summed E-state index contributed by atoms with van der Waals surface area (Å²) >= 11 is 0. The molecule has 0 heterocycles. The van der Waals surface area contributed by atoms with E-state index in [0.717, 1.165) is 0 Å². The Labute approximate surface area is 191 Å². The maximum Gasteiger partial charge on any atom is 1.00 e. The Morgan fingerprint density at radius 3 is 1.29 bits per heavy atom. The van der Waals surface area contributed by atoms with E-state index >= 15 is 0 Å². The number of hydrogen-bond acceptors (Lipinski definition) is 3. The molecule has 0 amide bonds. The second kappa shape index (κ2) is 13.2. The first kappa shape index (κ1) is 32.5. The number of carboxylic acids is 1. The van der Waals surface area contributed by atoms with Crippen molar-refractivity contribution in [2.24, 2.45) is 0 Å². The minimum absolute atomic E-state index is 0. The normalized spacial score (nSPS) is 10.9. The van der Waals surface area contributed by atoms with Gasteiger partial charge in [0.1, 0.15) is 0 Å². The molecule has 0 saturated heterocycles. The van der Waals surface area contributed by atoms with Gasteiger partial charge in [-0.25, -0.2) is 4.79 Å². The molecule has 0 saturated carbocycles. The Morgan fingerprint density at radius 1 is 0.941 bits per heavy atom. The summed E-state index contributed by atoms with van der Waals surface area (Å²) in [6, 6.07) is 0. The van der Waals surface area contributed by atoms with E-state index in [1.165, 1.54) is 0 Å². The molecule has 0 atom stereocenters. The van der Waals surface area contributed by atoms with Crippen molar-refractivity contribution < 1.29 is 163 Å². The summed E-state index contributed by atoms with van der Waals surface area (Å²) in [7, 11) is -10.1. The average molecular weight is 328 g/mol. The SMILES string of the molecule is O=C(O)C(=CP(=O)(O)O)P(=O)(O)O.[H-].[H-].[H-].[H-].[Na+].[Na+].[Na+].[Na+]. The largest absolute Gasteiger partial charge is 1.00 e. The summed E-state index contributed by atoms with van der Waals surface area (Å²) in [4.78, 5) is 43.2. The smallest absolute Gasteiger partial charge is 1.00 e. The molecule has 0 spiro atoms. The van der Waals surface area contributed by atoms with Gasteiger partial charge in [-0.2, -0.15) is 0 Å². The first-order valence-electron chi connectivity index (χ1n) is 2.61. The van der Waals surface area contributed by atoms with Gasteiger partial charge in [0.05, 0.1) is 5.82 Å². The molecule has 0 unspecified atom stereocenters. The predicted octanol–water partition coefficient (Wildman–Crippen LogP) is -12.3. The molecular formula is C3H10Na4O8P2. The first-order valence-corrected chi connectivity index (χ1v) is 5.91. The van der Waals surface area contributed by atoms with E-state index in [1.54, 1.807) is 0 Å². The molecule has 14 heteroatoms. The molecule has 84 valence electrons. The van der Waals surface area contributed by atoms with Gasteiger partial charge < -0.3 is 30.4 Å². The van der Waals surface area contributed by atoms with Crippen LogP contribution in [0.1, 0.15) is 5.71 Å². The number of carboxylic acid groups (broad SMARTS) is 1. The molecule has 0 rings (SSSR count). The topological polar surface area (TPSA) is 152 Å². The first-order chi connectivity index (χ1) is 5.54. The third kappa shape index (κ3) is 17.5. The number of aliphatic carboxylic acids is 1. The second-order valence-corrected chi connectivity index (χ2v) is 4.96. The van der Waals surface area contributed by atoms with Crippen molar-refractivity contribution in [2.45, 2.75) is 0 Å². The summed E-state index contributed by atoms with van der Waals surface area (Å²) in [5.74, 6) is -2.34. The fourth-order valence-corrected chi connectivity index (χ4v) is 2.15. The zero-order valence-corrected chi connectivity index (χ0v) is 19.7. The van der Waals surface area contributed by atoms with Crippen LogP contribution in [-0.2, 0) is 13.9 Å². The maximum atomic E-state index is 10.4. The minimum Gasteiger partial charge on any atom is -1.00 e. The van der Waals surface area contributed by atoms with Crippen LogP contribution in [0.2, 0.25) is 0 Å².